The highest BCUT2D eigenvalue weighted by atomic mass is 15.3. The Kier molecular flexibility index (Phi) is 17.0. The van der Waals surface area contributed by atoms with Gasteiger partial charge in [0.15, 0.2) is 0 Å². The van der Waals surface area contributed by atoms with E-state index < -0.39 is 0 Å². The van der Waals surface area contributed by atoms with Crippen LogP contribution in [-0.4, -0.2) is 119 Å². The van der Waals surface area contributed by atoms with E-state index in [4.69, 9.17) is 0 Å². The Labute approximate surface area is 259 Å². The normalized spacial score (nSPS) is 23.3. The van der Waals surface area contributed by atoms with Crippen LogP contribution in [0.3, 0.4) is 0 Å². The molecular formula is C36H77N5. The second-order valence-electron chi connectivity index (χ2n) is 17.1. The molecule has 5 heteroatoms. The van der Waals surface area contributed by atoms with Crippen molar-refractivity contribution in [2.75, 3.05) is 72.5 Å². The first-order valence-electron chi connectivity index (χ1n) is 17.5. The molecule has 0 radical (unpaired) electrons. The van der Waals surface area contributed by atoms with Crippen LogP contribution in [0.1, 0.15) is 141 Å². The summed E-state index contributed by atoms with van der Waals surface area (Å²) in [6, 6.07) is 0. The Hall–Kier alpha value is -0.200. The zero-order valence-corrected chi connectivity index (χ0v) is 30.7. The van der Waals surface area contributed by atoms with Crippen LogP contribution in [0.5, 0.6) is 0 Å². The van der Waals surface area contributed by atoms with Gasteiger partial charge >= 0.3 is 0 Å². The van der Waals surface area contributed by atoms with Gasteiger partial charge < -0.3 is 4.90 Å². The lowest BCUT2D eigenvalue weighted by Gasteiger charge is -2.41. The topological polar surface area (TPSA) is 16.2 Å². The fourth-order valence-corrected chi connectivity index (χ4v) is 6.17. The lowest BCUT2D eigenvalue weighted by molar-refractivity contribution is 0.0735. The lowest BCUT2D eigenvalue weighted by Crippen LogP contribution is -2.52. The number of hydrogen-bond donors (Lipinski definition) is 0. The van der Waals surface area contributed by atoms with Crippen LogP contribution < -0.4 is 0 Å². The molecule has 4 aliphatic heterocycles. The van der Waals surface area contributed by atoms with E-state index in [1.54, 1.807) is 0 Å². The van der Waals surface area contributed by atoms with Gasteiger partial charge in [0.2, 0.25) is 0 Å². The molecule has 4 rings (SSSR count). The van der Waals surface area contributed by atoms with E-state index >= 15 is 0 Å². The minimum atomic E-state index is 0.362. The van der Waals surface area contributed by atoms with E-state index in [2.05, 4.69) is 115 Å². The Balaban J connectivity index is 0.000000274. The third-order valence-corrected chi connectivity index (χ3v) is 9.37. The summed E-state index contributed by atoms with van der Waals surface area (Å²) in [5, 5.41) is 0. The van der Waals surface area contributed by atoms with Crippen molar-refractivity contribution in [3.63, 3.8) is 0 Å². The van der Waals surface area contributed by atoms with Crippen molar-refractivity contribution in [2.45, 2.75) is 163 Å². The molecule has 0 aliphatic carbocycles. The van der Waals surface area contributed by atoms with Crippen molar-refractivity contribution < 1.29 is 0 Å². The standard InChI is InChI=1S/C9H20N2.3C9H19N/c1-9(2,3)11-7-5-10(4)6-8-11;3*1-9(2,3)10-7-5-4-6-8-10/h5-8H2,1-4H3;3*4-8H2,1-3H3. The molecule has 4 aliphatic rings. The smallest absolute Gasteiger partial charge is 0.0126 e. The van der Waals surface area contributed by atoms with Gasteiger partial charge in [-0.1, -0.05) is 19.3 Å². The van der Waals surface area contributed by atoms with Gasteiger partial charge in [0, 0.05) is 48.3 Å². The van der Waals surface area contributed by atoms with Gasteiger partial charge in [0.05, 0.1) is 0 Å². The number of rotatable bonds is 0. The molecule has 0 aromatic rings. The van der Waals surface area contributed by atoms with Crippen LogP contribution in [-0.2, 0) is 0 Å². The number of piperidine rings is 3. The Morgan fingerprint density at radius 2 is 0.463 bits per heavy atom. The summed E-state index contributed by atoms with van der Waals surface area (Å²) in [6.07, 6.45) is 12.7. The second kappa shape index (κ2) is 17.9. The number of hydrogen-bond acceptors (Lipinski definition) is 5. The molecule has 4 fully saturated rings. The molecular weight excluding hydrogens is 502 g/mol. The van der Waals surface area contributed by atoms with Crippen molar-refractivity contribution >= 4 is 0 Å². The largest absolute Gasteiger partial charge is 0.304 e. The molecule has 0 atom stereocenters. The van der Waals surface area contributed by atoms with Gasteiger partial charge in [-0.2, -0.15) is 0 Å². The van der Waals surface area contributed by atoms with E-state index in [1.165, 1.54) is 123 Å². The van der Waals surface area contributed by atoms with Crippen LogP contribution in [0.2, 0.25) is 0 Å². The van der Waals surface area contributed by atoms with Crippen LogP contribution in [0.25, 0.3) is 0 Å². The Morgan fingerprint density at radius 1 is 0.268 bits per heavy atom. The predicted octanol–water partition coefficient (Wildman–Crippen LogP) is 7.84. The quantitative estimate of drug-likeness (QED) is 0.290. The first-order valence-corrected chi connectivity index (χ1v) is 17.5. The van der Waals surface area contributed by atoms with Crippen LogP contribution in [0.15, 0.2) is 0 Å². The molecule has 0 unspecified atom stereocenters. The summed E-state index contributed by atoms with van der Waals surface area (Å²) >= 11 is 0. The van der Waals surface area contributed by atoms with Crippen molar-refractivity contribution in [2.24, 2.45) is 0 Å². The lowest BCUT2D eigenvalue weighted by atomic mass is 10.0. The summed E-state index contributed by atoms with van der Waals surface area (Å²) in [6.45, 7) is 40.3. The summed E-state index contributed by atoms with van der Waals surface area (Å²) in [4.78, 5) is 12.7. The average molecular weight is 580 g/mol. The summed E-state index contributed by atoms with van der Waals surface area (Å²) in [5.41, 5.74) is 1.57. The van der Waals surface area contributed by atoms with E-state index in [0.717, 1.165) is 0 Å². The van der Waals surface area contributed by atoms with Gasteiger partial charge in [-0.3, -0.25) is 19.6 Å². The van der Waals surface area contributed by atoms with Crippen LogP contribution in [0, 0.1) is 0 Å². The predicted molar refractivity (Wildman–Crippen MR) is 184 cm³/mol. The molecule has 246 valence electrons. The molecule has 5 nitrogen and oxygen atoms in total. The zero-order chi connectivity index (χ0) is 31.3. The summed E-state index contributed by atoms with van der Waals surface area (Å²) < 4.78 is 0. The summed E-state index contributed by atoms with van der Waals surface area (Å²) in [7, 11) is 2.19. The van der Waals surface area contributed by atoms with Gasteiger partial charge in [-0.05, 0) is 168 Å². The fourth-order valence-electron chi connectivity index (χ4n) is 6.17. The van der Waals surface area contributed by atoms with Crippen LogP contribution >= 0.6 is 0 Å². The monoisotopic (exact) mass is 580 g/mol. The highest BCUT2D eigenvalue weighted by molar-refractivity contribution is 4.81. The van der Waals surface area contributed by atoms with Gasteiger partial charge in [0.25, 0.3) is 0 Å². The maximum Gasteiger partial charge on any atom is 0.0126 e. The molecule has 0 bridgehead atoms. The third kappa shape index (κ3) is 17.0. The maximum absolute atomic E-state index is 2.58. The van der Waals surface area contributed by atoms with Crippen molar-refractivity contribution in [3.8, 4) is 0 Å². The molecule has 4 saturated heterocycles. The Bertz CT molecular complexity index is 571. The SMILES string of the molecule is CC(C)(C)N1CCCCC1.CC(C)(C)N1CCCCC1.CC(C)(C)N1CCCCC1.CN1CCN(C(C)(C)C)CC1. The molecule has 4 heterocycles. The minimum absolute atomic E-state index is 0.362. The first kappa shape index (κ1) is 38.8. The van der Waals surface area contributed by atoms with Gasteiger partial charge in [0.1, 0.15) is 0 Å². The zero-order valence-electron chi connectivity index (χ0n) is 30.7. The van der Waals surface area contributed by atoms with Crippen molar-refractivity contribution in [3.05, 3.63) is 0 Å². The molecule has 0 aromatic carbocycles. The van der Waals surface area contributed by atoms with E-state index in [-0.39, 0.29) is 0 Å². The van der Waals surface area contributed by atoms with Crippen molar-refractivity contribution in [1.29, 1.82) is 0 Å². The molecule has 41 heavy (non-hydrogen) atoms. The second-order valence-corrected chi connectivity index (χ2v) is 17.1. The Morgan fingerprint density at radius 3 is 0.634 bits per heavy atom. The number of likely N-dealkylation sites (N-methyl/N-ethyl adjacent to an activating group) is 1. The molecule has 0 amide bonds. The molecule has 0 saturated carbocycles. The third-order valence-electron chi connectivity index (χ3n) is 9.37. The van der Waals surface area contributed by atoms with Crippen LogP contribution in [0.4, 0.5) is 0 Å². The molecule has 0 spiro atoms. The van der Waals surface area contributed by atoms with E-state index in [0.29, 0.717) is 22.2 Å². The maximum atomic E-state index is 2.58. The van der Waals surface area contributed by atoms with Gasteiger partial charge in [-0.25, -0.2) is 0 Å². The molecule has 0 N–H and O–H groups in total. The first-order chi connectivity index (χ1) is 18.8. The summed E-state index contributed by atoms with van der Waals surface area (Å²) in [5.74, 6) is 0. The van der Waals surface area contributed by atoms with Gasteiger partial charge in [-0.15, -0.1) is 0 Å². The number of nitrogens with zero attached hydrogens (tertiary/aromatic N) is 5. The minimum Gasteiger partial charge on any atom is -0.304 e. The highest BCUT2D eigenvalue weighted by Gasteiger charge is 2.25. The average Bonchev–Trinajstić information content (AvgIpc) is 2.90. The van der Waals surface area contributed by atoms with E-state index in [1.807, 2.05) is 0 Å². The van der Waals surface area contributed by atoms with E-state index in [9.17, 15) is 0 Å². The number of piperazine rings is 1. The fraction of sp³-hybridized carbons (Fsp3) is 1.00. The number of likely N-dealkylation sites (tertiary alicyclic amines) is 3. The highest BCUT2D eigenvalue weighted by Crippen LogP contribution is 2.21. The molecule has 0 aromatic heterocycles. The van der Waals surface area contributed by atoms with Crippen molar-refractivity contribution in [1.82, 2.24) is 24.5 Å².